The smallest absolute Gasteiger partial charge is 0.324 e. The molecule has 188 valence electrons. The van der Waals surface area contributed by atoms with Crippen molar-refractivity contribution in [2.45, 2.75) is 19.8 Å². The number of aryl methyl sites for hydroxylation is 1. The summed E-state index contributed by atoms with van der Waals surface area (Å²) in [5.74, 6) is 0.422. The second-order valence-electron chi connectivity index (χ2n) is 8.74. The van der Waals surface area contributed by atoms with Gasteiger partial charge in [0.1, 0.15) is 11.6 Å². The lowest BCUT2D eigenvalue weighted by Crippen LogP contribution is -2.22. The van der Waals surface area contributed by atoms with Crippen LogP contribution in [0.4, 0.5) is 20.7 Å². The van der Waals surface area contributed by atoms with Crippen LogP contribution in [0.25, 0.3) is 27.7 Å². The van der Waals surface area contributed by atoms with E-state index in [1.807, 2.05) is 20.9 Å². The molecule has 0 spiro atoms. The molecule has 5 rings (SSSR count). The highest BCUT2D eigenvalue weighted by Crippen LogP contribution is 2.30. The SMILES string of the molecule is COc1ccc(-n2nc(C(C)C)cc2NC(=O)Nc2ccc(-c3cncc4c3cnn4C)cc2F)cn1. The van der Waals surface area contributed by atoms with E-state index in [-0.39, 0.29) is 11.6 Å². The number of hydrogen-bond acceptors (Lipinski definition) is 6. The number of amides is 2. The van der Waals surface area contributed by atoms with Gasteiger partial charge in [0.2, 0.25) is 5.88 Å². The number of anilines is 2. The van der Waals surface area contributed by atoms with Gasteiger partial charge in [-0.25, -0.2) is 18.9 Å². The topological polar surface area (TPSA) is 112 Å². The minimum absolute atomic E-state index is 0.0360. The fraction of sp³-hybridized carbons (Fsp3) is 0.192. The lowest BCUT2D eigenvalue weighted by Gasteiger charge is -2.11. The number of carbonyl (C=O) groups excluding carboxylic acids is 1. The predicted molar refractivity (Wildman–Crippen MR) is 139 cm³/mol. The molecule has 0 atom stereocenters. The van der Waals surface area contributed by atoms with Crippen LogP contribution in [0.2, 0.25) is 0 Å². The monoisotopic (exact) mass is 500 g/mol. The molecule has 4 heterocycles. The number of rotatable bonds is 6. The second-order valence-corrected chi connectivity index (χ2v) is 8.74. The first-order valence-electron chi connectivity index (χ1n) is 11.6. The van der Waals surface area contributed by atoms with Crippen LogP contribution in [0.3, 0.4) is 0 Å². The quantitative estimate of drug-likeness (QED) is 0.334. The number of hydrogen-bond donors (Lipinski definition) is 2. The number of halogens is 1. The molecule has 0 aliphatic rings. The molecule has 0 aliphatic heterocycles. The summed E-state index contributed by atoms with van der Waals surface area (Å²) < 4.78 is 23.4. The van der Waals surface area contributed by atoms with Crippen molar-refractivity contribution in [1.82, 2.24) is 29.5 Å². The first-order valence-corrected chi connectivity index (χ1v) is 11.6. The highest BCUT2D eigenvalue weighted by atomic mass is 19.1. The molecule has 0 fully saturated rings. The van der Waals surface area contributed by atoms with Crippen molar-refractivity contribution in [2.24, 2.45) is 7.05 Å². The Bertz CT molecular complexity index is 1590. The molecule has 1 aromatic carbocycles. The van der Waals surface area contributed by atoms with Crippen molar-refractivity contribution in [3.8, 4) is 22.7 Å². The van der Waals surface area contributed by atoms with Crippen LogP contribution in [0.5, 0.6) is 5.88 Å². The molecule has 4 aromatic heterocycles. The molecule has 0 aliphatic carbocycles. The predicted octanol–water partition coefficient (Wildman–Crippen LogP) is 5.13. The standard InChI is InChI=1S/C26H25FN8O2/c1-15(2)22-10-24(35(33-22)17-6-8-25(37-4)29-11-17)32-26(36)31-21-7-5-16(9-20(21)27)18-12-28-14-23-19(18)13-30-34(23)3/h5-15H,1-4H3,(H2,31,32,36). The summed E-state index contributed by atoms with van der Waals surface area (Å²) in [5, 5.41) is 15.0. The number of nitrogens with one attached hydrogen (secondary N) is 2. The van der Waals surface area contributed by atoms with E-state index >= 15 is 4.39 Å². The Balaban J connectivity index is 1.38. The summed E-state index contributed by atoms with van der Waals surface area (Å²) in [6.45, 7) is 4.00. The third kappa shape index (κ3) is 4.70. The van der Waals surface area contributed by atoms with Gasteiger partial charge >= 0.3 is 6.03 Å². The average Bonchev–Trinajstić information content (AvgIpc) is 3.49. The van der Waals surface area contributed by atoms with Gasteiger partial charge in [0.05, 0.1) is 48.3 Å². The third-order valence-corrected chi connectivity index (χ3v) is 5.94. The van der Waals surface area contributed by atoms with Crippen LogP contribution in [0.15, 0.2) is 61.2 Å². The van der Waals surface area contributed by atoms with E-state index in [9.17, 15) is 4.79 Å². The summed E-state index contributed by atoms with van der Waals surface area (Å²) in [6.07, 6.45) is 6.69. The van der Waals surface area contributed by atoms with E-state index in [4.69, 9.17) is 4.74 Å². The Morgan fingerprint density at radius 1 is 1.05 bits per heavy atom. The van der Waals surface area contributed by atoms with Gasteiger partial charge in [0.15, 0.2) is 0 Å². The number of pyridine rings is 2. The van der Waals surface area contributed by atoms with Crippen LogP contribution in [0, 0.1) is 5.82 Å². The summed E-state index contributed by atoms with van der Waals surface area (Å²) in [6, 6.07) is 9.26. The second kappa shape index (κ2) is 9.69. The maximum Gasteiger partial charge on any atom is 0.324 e. The zero-order valence-electron chi connectivity index (χ0n) is 20.7. The lowest BCUT2D eigenvalue weighted by molar-refractivity contribution is 0.262. The van der Waals surface area contributed by atoms with Crippen LogP contribution < -0.4 is 15.4 Å². The van der Waals surface area contributed by atoms with Crippen LogP contribution in [-0.4, -0.2) is 42.7 Å². The van der Waals surface area contributed by atoms with Gasteiger partial charge in [-0.1, -0.05) is 19.9 Å². The molecule has 11 heteroatoms. The van der Waals surface area contributed by atoms with E-state index in [2.05, 4.69) is 30.8 Å². The van der Waals surface area contributed by atoms with Crippen molar-refractivity contribution in [3.05, 3.63) is 72.7 Å². The maximum absolute atomic E-state index is 15.0. The van der Waals surface area contributed by atoms with E-state index in [1.54, 1.807) is 58.4 Å². The van der Waals surface area contributed by atoms with Crippen molar-refractivity contribution in [1.29, 1.82) is 0 Å². The molecule has 37 heavy (non-hydrogen) atoms. The largest absolute Gasteiger partial charge is 0.481 e. The van der Waals surface area contributed by atoms with Gasteiger partial charge < -0.3 is 10.1 Å². The molecule has 0 saturated carbocycles. The lowest BCUT2D eigenvalue weighted by atomic mass is 10.0. The van der Waals surface area contributed by atoms with Gasteiger partial charge in [0, 0.05) is 36.3 Å². The number of methoxy groups -OCH3 is 1. The molecule has 10 nitrogen and oxygen atoms in total. The van der Waals surface area contributed by atoms with Gasteiger partial charge in [-0.3, -0.25) is 15.0 Å². The van der Waals surface area contributed by atoms with Gasteiger partial charge in [-0.15, -0.1) is 0 Å². The third-order valence-electron chi connectivity index (χ3n) is 5.94. The Morgan fingerprint density at radius 3 is 2.59 bits per heavy atom. The first kappa shape index (κ1) is 23.9. The number of benzene rings is 1. The molecule has 0 saturated heterocycles. The number of urea groups is 1. The summed E-state index contributed by atoms with van der Waals surface area (Å²) in [7, 11) is 3.35. The summed E-state index contributed by atoms with van der Waals surface area (Å²) in [4.78, 5) is 21.3. The fourth-order valence-electron chi connectivity index (χ4n) is 3.93. The van der Waals surface area contributed by atoms with Crippen LogP contribution >= 0.6 is 0 Å². The zero-order chi connectivity index (χ0) is 26.1. The number of carbonyl (C=O) groups is 1. The first-order chi connectivity index (χ1) is 17.8. The maximum atomic E-state index is 15.0. The minimum atomic E-state index is -0.611. The van der Waals surface area contributed by atoms with Gasteiger partial charge in [-0.2, -0.15) is 10.2 Å². The van der Waals surface area contributed by atoms with Gasteiger partial charge in [0.25, 0.3) is 0 Å². The summed E-state index contributed by atoms with van der Waals surface area (Å²) >= 11 is 0. The Kier molecular flexibility index (Phi) is 6.26. The number of aromatic nitrogens is 6. The van der Waals surface area contributed by atoms with E-state index in [0.29, 0.717) is 22.9 Å². The molecule has 2 amide bonds. The Labute approximate surface area is 212 Å². The number of ether oxygens (including phenoxy) is 1. The molecular weight excluding hydrogens is 475 g/mol. The molecular formula is C26H25FN8O2. The average molecular weight is 501 g/mol. The van der Waals surface area contributed by atoms with Crippen molar-refractivity contribution < 1.29 is 13.9 Å². The minimum Gasteiger partial charge on any atom is -0.481 e. The van der Waals surface area contributed by atoms with Gasteiger partial charge in [-0.05, 0) is 29.7 Å². The Morgan fingerprint density at radius 2 is 1.89 bits per heavy atom. The number of fused-ring (bicyclic) bond motifs is 1. The van der Waals surface area contributed by atoms with Crippen molar-refractivity contribution >= 4 is 28.4 Å². The van der Waals surface area contributed by atoms with E-state index in [0.717, 1.165) is 22.2 Å². The molecule has 0 radical (unpaired) electrons. The number of nitrogens with zero attached hydrogens (tertiary/aromatic N) is 6. The fourth-order valence-corrected chi connectivity index (χ4v) is 3.93. The van der Waals surface area contributed by atoms with E-state index in [1.165, 1.54) is 19.2 Å². The molecule has 0 bridgehead atoms. The highest BCUT2D eigenvalue weighted by Gasteiger charge is 2.17. The molecule has 5 aromatic rings. The van der Waals surface area contributed by atoms with Crippen molar-refractivity contribution in [2.75, 3.05) is 17.7 Å². The highest BCUT2D eigenvalue weighted by molar-refractivity contribution is 6.00. The van der Waals surface area contributed by atoms with Crippen molar-refractivity contribution in [3.63, 3.8) is 0 Å². The zero-order valence-corrected chi connectivity index (χ0v) is 20.7. The normalized spacial score (nSPS) is 11.2. The molecule has 0 unspecified atom stereocenters. The summed E-state index contributed by atoms with van der Waals surface area (Å²) in [5.41, 5.74) is 3.66. The van der Waals surface area contributed by atoms with Crippen LogP contribution in [-0.2, 0) is 7.05 Å². The van der Waals surface area contributed by atoms with E-state index < -0.39 is 11.8 Å². The Hall–Kier alpha value is -4.80. The van der Waals surface area contributed by atoms with Crippen LogP contribution in [0.1, 0.15) is 25.5 Å². The molecule has 2 N–H and O–H groups in total.